The monoisotopic (exact) mass is 178 g/mol. The van der Waals surface area contributed by atoms with Crippen LogP contribution in [0.4, 0.5) is 0 Å². The molecule has 0 aliphatic carbocycles. The van der Waals surface area contributed by atoms with E-state index >= 15 is 0 Å². The molecular weight excluding hydrogens is 164 g/mol. The number of aliphatic hydroxyl groups excluding tert-OH is 1. The van der Waals surface area contributed by atoms with Crippen LogP contribution in [0.5, 0.6) is 5.75 Å². The number of hydrogen-bond donors (Lipinski definition) is 2. The van der Waals surface area contributed by atoms with Crippen LogP contribution in [0.2, 0.25) is 0 Å². The molecule has 0 amide bonds. The quantitative estimate of drug-likeness (QED) is 0.729. The van der Waals surface area contributed by atoms with Gasteiger partial charge in [0.15, 0.2) is 0 Å². The third-order valence-electron chi connectivity index (χ3n) is 1.51. The molecule has 0 radical (unpaired) electrons. The van der Waals surface area contributed by atoms with E-state index in [9.17, 15) is 0 Å². The Morgan fingerprint density at radius 1 is 1.08 bits per heavy atom. The van der Waals surface area contributed by atoms with Gasteiger partial charge in [-0.05, 0) is 23.3 Å². The normalized spacial score (nSPS) is 8.15. The van der Waals surface area contributed by atoms with Crippen molar-refractivity contribution in [2.24, 2.45) is 0 Å². The summed E-state index contributed by atoms with van der Waals surface area (Å²) in [6.07, 6.45) is 3.42. The number of aromatic hydroxyl groups is 1. The van der Waals surface area contributed by atoms with Crippen LogP contribution in [0.15, 0.2) is 31.4 Å². The van der Waals surface area contributed by atoms with E-state index in [1.807, 2.05) is 0 Å². The Kier molecular flexibility index (Phi) is 5.32. The van der Waals surface area contributed by atoms with Crippen molar-refractivity contribution in [3.8, 4) is 5.75 Å². The Labute approximate surface area is 78.5 Å². The molecule has 0 atom stereocenters. The molecular formula is C11H14O2. The molecule has 1 aromatic rings. The molecule has 0 aliphatic heterocycles. The molecule has 0 unspecified atom stereocenters. The Morgan fingerprint density at radius 3 is 2.08 bits per heavy atom. The second kappa shape index (κ2) is 6.03. The van der Waals surface area contributed by atoms with Gasteiger partial charge in [-0.15, -0.1) is 0 Å². The first-order valence-corrected chi connectivity index (χ1v) is 3.80. The SMILES string of the molecule is C=Cc1ccc(O)cc1C=C.CO. The summed E-state index contributed by atoms with van der Waals surface area (Å²) in [5.74, 6) is 0.255. The molecule has 0 saturated heterocycles. The third-order valence-corrected chi connectivity index (χ3v) is 1.51. The lowest BCUT2D eigenvalue weighted by Gasteiger charge is -1.99. The van der Waals surface area contributed by atoms with Crippen LogP contribution in [0.25, 0.3) is 12.2 Å². The lowest BCUT2D eigenvalue weighted by atomic mass is 10.1. The van der Waals surface area contributed by atoms with Gasteiger partial charge in [-0.1, -0.05) is 31.4 Å². The Hall–Kier alpha value is -1.54. The zero-order valence-electron chi connectivity index (χ0n) is 7.70. The van der Waals surface area contributed by atoms with Gasteiger partial charge in [0.1, 0.15) is 5.75 Å². The van der Waals surface area contributed by atoms with E-state index in [1.165, 1.54) is 0 Å². The molecule has 1 aromatic carbocycles. The van der Waals surface area contributed by atoms with Crippen LogP contribution in [-0.4, -0.2) is 17.3 Å². The molecule has 0 saturated carbocycles. The van der Waals surface area contributed by atoms with E-state index < -0.39 is 0 Å². The molecule has 2 heteroatoms. The summed E-state index contributed by atoms with van der Waals surface area (Å²) in [5.41, 5.74) is 1.89. The van der Waals surface area contributed by atoms with Crippen LogP contribution in [0.3, 0.4) is 0 Å². The minimum atomic E-state index is 0.255. The highest BCUT2D eigenvalue weighted by Gasteiger charge is 1.95. The first-order chi connectivity index (χ1) is 6.27. The van der Waals surface area contributed by atoms with Gasteiger partial charge in [-0.3, -0.25) is 0 Å². The molecule has 0 bridgehead atoms. The fourth-order valence-electron chi connectivity index (χ4n) is 0.925. The number of phenols is 1. The largest absolute Gasteiger partial charge is 0.508 e. The van der Waals surface area contributed by atoms with E-state index in [1.54, 1.807) is 30.4 Å². The highest BCUT2D eigenvalue weighted by molar-refractivity contribution is 5.64. The Balaban J connectivity index is 0.000000671. The summed E-state index contributed by atoms with van der Waals surface area (Å²) < 4.78 is 0. The van der Waals surface area contributed by atoms with Crippen molar-refractivity contribution >= 4 is 12.2 Å². The molecule has 0 aromatic heterocycles. The predicted octanol–water partition coefficient (Wildman–Crippen LogP) is 2.29. The summed E-state index contributed by atoms with van der Waals surface area (Å²) >= 11 is 0. The van der Waals surface area contributed by atoms with Crippen molar-refractivity contribution < 1.29 is 10.2 Å². The van der Waals surface area contributed by atoms with Gasteiger partial charge in [0, 0.05) is 7.11 Å². The van der Waals surface area contributed by atoms with Gasteiger partial charge < -0.3 is 10.2 Å². The molecule has 2 nitrogen and oxygen atoms in total. The fraction of sp³-hybridized carbons (Fsp3) is 0.0909. The summed E-state index contributed by atoms with van der Waals surface area (Å²) in [7, 11) is 1.00. The zero-order valence-corrected chi connectivity index (χ0v) is 7.70. The summed E-state index contributed by atoms with van der Waals surface area (Å²) in [6, 6.07) is 5.09. The summed E-state index contributed by atoms with van der Waals surface area (Å²) in [5, 5.41) is 16.1. The first-order valence-electron chi connectivity index (χ1n) is 3.80. The number of rotatable bonds is 2. The van der Waals surface area contributed by atoms with Crippen molar-refractivity contribution in [1.82, 2.24) is 0 Å². The van der Waals surface area contributed by atoms with E-state index in [-0.39, 0.29) is 5.75 Å². The van der Waals surface area contributed by atoms with Crippen molar-refractivity contribution in [2.45, 2.75) is 0 Å². The number of hydrogen-bond acceptors (Lipinski definition) is 2. The van der Waals surface area contributed by atoms with E-state index in [0.29, 0.717) is 0 Å². The van der Waals surface area contributed by atoms with Crippen LogP contribution in [0.1, 0.15) is 11.1 Å². The average molecular weight is 178 g/mol. The van der Waals surface area contributed by atoms with Gasteiger partial charge in [-0.2, -0.15) is 0 Å². The second-order valence-electron chi connectivity index (χ2n) is 2.22. The molecule has 0 heterocycles. The van der Waals surface area contributed by atoms with E-state index in [0.717, 1.165) is 18.2 Å². The lowest BCUT2D eigenvalue weighted by molar-refractivity contribution is 0.399. The lowest BCUT2D eigenvalue weighted by Crippen LogP contribution is -1.78. The maximum atomic E-state index is 9.08. The van der Waals surface area contributed by atoms with Crippen LogP contribution in [-0.2, 0) is 0 Å². The Bertz CT molecular complexity index is 290. The van der Waals surface area contributed by atoms with Crippen molar-refractivity contribution in [2.75, 3.05) is 7.11 Å². The average Bonchev–Trinajstić information content (AvgIpc) is 2.20. The highest BCUT2D eigenvalue weighted by Crippen LogP contribution is 2.18. The second-order valence-corrected chi connectivity index (χ2v) is 2.22. The first kappa shape index (κ1) is 11.5. The summed E-state index contributed by atoms with van der Waals surface area (Å²) in [6.45, 7) is 7.26. The summed E-state index contributed by atoms with van der Waals surface area (Å²) in [4.78, 5) is 0. The minimum Gasteiger partial charge on any atom is -0.508 e. The number of aliphatic hydroxyl groups is 1. The van der Waals surface area contributed by atoms with E-state index in [2.05, 4.69) is 13.2 Å². The maximum absolute atomic E-state index is 9.08. The van der Waals surface area contributed by atoms with Gasteiger partial charge in [0.05, 0.1) is 0 Å². The minimum absolute atomic E-state index is 0.255. The van der Waals surface area contributed by atoms with Crippen LogP contribution >= 0.6 is 0 Å². The number of phenolic OH excluding ortho intramolecular Hbond substituents is 1. The molecule has 0 spiro atoms. The zero-order chi connectivity index (χ0) is 10.3. The van der Waals surface area contributed by atoms with E-state index in [4.69, 9.17) is 10.2 Å². The Morgan fingerprint density at radius 2 is 1.62 bits per heavy atom. The van der Waals surface area contributed by atoms with Gasteiger partial charge in [0.25, 0.3) is 0 Å². The molecule has 70 valence electrons. The highest BCUT2D eigenvalue weighted by atomic mass is 16.3. The molecule has 0 fully saturated rings. The van der Waals surface area contributed by atoms with Crippen molar-refractivity contribution in [3.63, 3.8) is 0 Å². The third kappa shape index (κ3) is 3.13. The molecule has 2 N–H and O–H groups in total. The van der Waals surface area contributed by atoms with Gasteiger partial charge in [0.2, 0.25) is 0 Å². The molecule has 13 heavy (non-hydrogen) atoms. The van der Waals surface area contributed by atoms with Crippen LogP contribution < -0.4 is 0 Å². The molecule has 1 rings (SSSR count). The fourth-order valence-corrected chi connectivity index (χ4v) is 0.925. The molecule has 0 aliphatic rings. The standard InChI is InChI=1S/C10H10O.CH4O/c1-3-8-5-6-10(11)7-9(8)4-2;1-2/h3-7,11H,1-2H2;2H,1H3. The van der Waals surface area contributed by atoms with Crippen molar-refractivity contribution in [3.05, 3.63) is 42.5 Å². The topological polar surface area (TPSA) is 40.5 Å². The van der Waals surface area contributed by atoms with Crippen molar-refractivity contribution in [1.29, 1.82) is 0 Å². The van der Waals surface area contributed by atoms with Gasteiger partial charge >= 0.3 is 0 Å². The van der Waals surface area contributed by atoms with Gasteiger partial charge in [-0.25, -0.2) is 0 Å². The maximum Gasteiger partial charge on any atom is 0.116 e. The van der Waals surface area contributed by atoms with Crippen LogP contribution in [0, 0.1) is 0 Å². The number of benzene rings is 1. The smallest absolute Gasteiger partial charge is 0.116 e. The predicted molar refractivity (Wildman–Crippen MR) is 56.4 cm³/mol.